The van der Waals surface area contributed by atoms with Crippen molar-refractivity contribution in [2.45, 2.75) is 6.42 Å². The molecule has 0 spiro atoms. The maximum absolute atomic E-state index is 12.7. The Morgan fingerprint density at radius 3 is 2.59 bits per heavy atom. The Morgan fingerprint density at radius 2 is 1.83 bits per heavy atom. The number of ether oxygens (including phenoxy) is 2. The molecule has 7 heteroatoms. The van der Waals surface area contributed by atoms with Crippen molar-refractivity contribution in [3.05, 3.63) is 54.4 Å². The first-order chi connectivity index (χ1) is 14.0. The van der Waals surface area contributed by atoms with Crippen molar-refractivity contribution in [1.29, 1.82) is 0 Å². The van der Waals surface area contributed by atoms with Crippen LogP contribution in [-0.2, 0) is 0 Å². The van der Waals surface area contributed by atoms with Gasteiger partial charge < -0.3 is 19.3 Å². The lowest BCUT2D eigenvalue weighted by molar-refractivity contribution is 0.0824. The molecular formula is C22H26N4O3. The van der Waals surface area contributed by atoms with Crippen molar-refractivity contribution in [2.75, 3.05) is 41.3 Å². The van der Waals surface area contributed by atoms with Gasteiger partial charge in [-0.15, -0.1) is 0 Å². The smallest absolute Gasteiger partial charge is 0.257 e. The molecule has 0 aliphatic rings. The number of fused-ring (bicyclic) bond motifs is 1. The Hall–Kier alpha value is -3.19. The van der Waals surface area contributed by atoms with E-state index in [1.165, 1.54) is 11.2 Å². The Kier molecular flexibility index (Phi) is 6.61. The summed E-state index contributed by atoms with van der Waals surface area (Å²) in [6.45, 7) is 1.51. The van der Waals surface area contributed by atoms with E-state index >= 15 is 0 Å². The predicted molar refractivity (Wildman–Crippen MR) is 113 cm³/mol. The highest BCUT2D eigenvalue weighted by atomic mass is 16.5. The summed E-state index contributed by atoms with van der Waals surface area (Å²) in [5, 5.41) is 0.780. The molecule has 0 aliphatic heterocycles. The molecule has 0 bridgehead atoms. The number of benzene rings is 2. The van der Waals surface area contributed by atoms with E-state index in [1.54, 1.807) is 32.3 Å². The van der Waals surface area contributed by atoms with E-state index in [0.29, 0.717) is 29.5 Å². The molecule has 29 heavy (non-hydrogen) atoms. The van der Waals surface area contributed by atoms with E-state index < -0.39 is 0 Å². The van der Waals surface area contributed by atoms with Crippen LogP contribution in [0.1, 0.15) is 16.8 Å². The summed E-state index contributed by atoms with van der Waals surface area (Å²) in [5.74, 6) is 1.29. The summed E-state index contributed by atoms with van der Waals surface area (Å²) in [6, 6.07) is 12.9. The molecule has 0 radical (unpaired) electrons. The van der Waals surface area contributed by atoms with Crippen LogP contribution in [-0.4, -0.2) is 67.0 Å². The SMILES string of the molecule is CN(C)CCCOc1ccc(Oc2ncnc3ccccc23)c(C(=O)N(C)C)c1. The van der Waals surface area contributed by atoms with E-state index in [2.05, 4.69) is 14.9 Å². The number of hydrogen-bond acceptors (Lipinski definition) is 6. The molecule has 3 rings (SSSR count). The number of amides is 1. The van der Waals surface area contributed by atoms with Crippen molar-refractivity contribution in [2.24, 2.45) is 0 Å². The second-order valence-corrected chi connectivity index (χ2v) is 7.16. The standard InChI is InChI=1S/C22H26N4O3/c1-25(2)12-7-13-28-16-10-11-20(18(14-16)22(27)26(3)4)29-21-17-8-5-6-9-19(17)23-15-24-21/h5-6,8-11,14-15H,7,12-13H2,1-4H3. The van der Waals surface area contributed by atoms with Gasteiger partial charge in [-0.25, -0.2) is 9.97 Å². The largest absolute Gasteiger partial charge is 0.494 e. The number of nitrogens with zero attached hydrogens (tertiary/aromatic N) is 4. The molecule has 0 saturated heterocycles. The summed E-state index contributed by atoms with van der Waals surface area (Å²) in [5.41, 5.74) is 1.20. The molecule has 0 unspecified atom stereocenters. The summed E-state index contributed by atoms with van der Waals surface area (Å²) in [4.78, 5) is 24.9. The molecular weight excluding hydrogens is 368 g/mol. The van der Waals surface area contributed by atoms with Gasteiger partial charge in [0.15, 0.2) is 0 Å². The van der Waals surface area contributed by atoms with Gasteiger partial charge in [-0.1, -0.05) is 12.1 Å². The first-order valence-corrected chi connectivity index (χ1v) is 9.46. The van der Waals surface area contributed by atoms with Crippen molar-refractivity contribution >= 4 is 16.8 Å². The average molecular weight is 394 g/mol. The van der Waals surface area contributed by atoms with Crippen LogP contribution in [0.2, 0.25) is 0 Å². The molecule has 0 aliphatic carbocycles. The van der Waals surface area contributed by atoms with Crippen LogP contribution in [0, 0.1) is 0 Å². The zero-order chi connectivity index (χ0) is 20.8. The van der Waals surface area contributed by atoms with Gasteiger partial charge in [0.05, 0.1) is 23.1 Å². The minimum atomic E-state index is -0.169. The van der Waals surface area contributed by atoms with Crippen molar-refractivity contribution in [3.63, 3.8) is 0 Å². The van der Waals surface area contributed by atoms with Crippen LogP contribution in [0.25, 0.3) is 10.9 Å². The predicted octanol–water partition coefficient (Wildman–Crippen LogP) is 3.45. The van der Waals surface area contributed by atoms with E-state index in [-0.39, 0.29) is 5.91 Å². The van der Waals surface area contributed by atoms with Gasteiger partial charge in [0.1, 0.15) is 17.8 Å². The highest BCUT2D eigenvalue weighted by Crippen LogP contribution is 2.31. The highest BCUT2D eigenvalue weighted by Gasteiger charge is 2.18. The van der Waals surface area contributed by atoms with E-state index in [4.69, 9.17) is 9.47 Å². The molecule has 3 aromatic rings. The lowest BCUT2D eigenvalue weighted by Crippen LogP contribution is -2.22. The number of aromatic nitrogens is 2. The third-order valence-corrected chi connectivity index (χ3v) is 4.32. The Balaban J connectivity index is 1.88. The van der Waals surface area contributed by atoms with E-state index in [1.807, 2.05) is 38.4 Å². The van der Waals surface area contributed by atoms with Gasteiger partial charge in [0.25, 0.3) is 5.91 Å². The molecule has 0 N–H and O–H groups in total. The maximum Gasteiger partial charge on any atom is 0.257 e. The molecule has 0 fully saturated rings. The monoisotopic (exact) mass is 394 g/mol. The van der Waals surface area contributed by atoms with Gasteiger partial charge in [0.2, 0.25) is 5.88 Å². The van der Waals surface area contributed by atoms with Gasteiger partial charge in [-0.2, -0.15) is 0 Å². The van der Waals surface area contributed by atoms with Crippen molar-refractivity contribution in [1.82, 2.24) is 19.8 Å². The third-order valence-electron chi connectivity index (χ3n) is 4.32. The quantitative estimate of drug-likeness (QED) is 0.545. The fraction of sp³-hybridized carbons (Fsp3) is 0.318. The first kappa shape index (κ1) is 20.5. The molecule has 7 nitrogen and oxygen atoms in total. The number of hydrogen-bond donors (Lipinski definition) is 0. The fourth-order valence-electron chi connectivity index (χ4n) is 2.83. The van der Waals surface area contributed by atoms with Crippen molar-refractivity contribution in [3.8, 4) is 17.4 Å². The minimum absolute atomic E-state index is 0.169. The number of rotatable bonds is 8. The molecule has 0 saturated carbocycles. The molecule has 0 atom stereocenters. The second-order valence-electron chi connectivity index (χ2n) is 7.16. The fourth-order valence-corrected chi connectivity index (χ4v) is 2.83. The van der Waals surface area contributed by atoms with E-state index in [0.717, 1.165) is 23.9 Å². The maximum atomic E-state index is 12.7. The van der Waals surface area contributed by atoms with Crippen LogP contribution in [0.15, 0.2) is 48.8 Å². The lowest BCUT2D eigenvalue weighted by atomic mass is 10.1. The summed E-state index contributed by atoms with van der Waals surface area (Å²) in [7, 11) is 7.46. The Morgan fingerprint density at radius 1 is 1.03 bits per heavy atom. The Labute approximate surface area is 170 Å². The summed E-state index contributed by atoms with van der Waals surface area (Å²) in [6.07, 6.45) is 2.35. The molecule has 1 aromatic heterocycles. The second kappa shape index (κ2) is 9.34. The number of carbonyl (C=O) groups excluding carboxylic acids is 1. The average Bonchev–Trinajstić information content (AvgIpc) is 2.71. The number of para-hydroxylation sites is 1. The normalized spacial score (nSPS) is 10.9. The minimum Gasteiger partial charge on any atom is -0.494 e. The van der Waals surface area contributed by atoms with E-state index in [9.17, 15) is 4.79 Å². The first-order valence-electron chi connectivity index (χ1n) is 9.46. The van der Waals surface area contributed by atoms with Crippen LogP contribution >= 0.6 is 0 Å². The van der Waals surface area contributed by atoms with Crippen LogP contribution in [0.3, 0.4) is 0 Å². The topological polar surface area (TPSA) is 67.8 Å². The Bertz CT molecular complexity index is 983. The van der Waals surface area contributed by atoms with Crippen molar-refractivity contribution < 1.29 is 14.3 Å². The molecule has 1 amide bonds. The van der Waals surface area contributed by atoms with Crippen LogP contribution in [0.5, 0.6) is 17.4 Å². The molecule has 152 valence electrons. The highest BCUT2D eigenvalue weighted by molar-refractivity contribution is 5.97. The van der Waals surface area contributed by atoms with Crippen LogP contribution in [0.4, 0.5) is 0 Å². The van der Waals surface area contributed by atoms with Gasteiger partial charge in [-0.3, -0.25) is 4.79 Å². The molecule has 1 heterocycles. The van der Waals surface area contributed by atoms with Gasteiger partial charge in [-0.05, 0) is 50.8 Å². The third kappa shape index (κ3) is 5.20. The zero-order valence-corrected chi connectivity index (χ0v) is 17.3. The van der Waals surface area contributed by atoms with Gasteiger partial charge in [0, 0.05) is 20.6 Å². The lowest BCUT2D eigenvalue weighted by Gasteiger charge is -2.16. The van der Waals surface area contributed by atoms with Crippen LogP contribution < -0.4 is 9.47 Å². The van der Waals surface area contributed by atoms with Gasteiger partial charge >= 0.3 is 0 Å². The number of carbonyl (C=O) groups is 1. The summed E-state index contributed by atoms with van der Waals surface area (Å²) < 4.78 is 11.9. The zero-order valence-electron chi connectivity index (χ0n) is 17.3. The molecule has 2 aromatic carbocycles. The summed E-state index contributed by atoms with van der Waals surface area (Å²) >= 11 is 0.